The Balaban J connectivity index is 1.10. The number of ether oxygens (including phenoxy) is 4. The maximum Gasteiger partial charge on any atom is 0.0653 e. The van der Waals surface area contributed by atoms with E-state index in [0.29, 0.717) is 71.8 Å². The first kappa shape index (κ1) is 48.5. The molecule has 9 rings (SSSR count). The van der Waals surface area contributed by atoms with Gasteiger partial charge in [0.25, 0.3) is 0 Å². The molecule has 9 fully saturated rings. The number of fused-ring (bicyclic) bond motifs is 20. The molecule has 64 heavy (non-hydrogen) atoms. The van der Waals surface area contributed by atoms with Gasteiger partial charge in [0.2, 0.25) is 0 Å². The zero-order valence-corrected chi connectivity index (χ0v) is 41.6. The summed E-state index contributed by atoms with van der Waals surface area (Å²) in [6.07, 6.45) is 26.4. The van der Waals surface area contributed by atoms with E-state index in [9.17, 15) is 0 Å². The van der Waals surface area contributed by atoms with E-state index < -0.39 is 0 Å². The van der Waals surface area contributed by atoms with Crippen LogP contribution in [0.3, 0.4) is 0 Å². The van der Waals surface area contributed by atoms with Crippen molar-refractivity contribution in [2.75, 3.05) is 0 Å². The maximum absolute atomic E-state index is 7.19. The fraction of sp³-hybridized carbons (Fsp3) is 1.00. The third-order valence-corrected chi connectivity index (χ3v) is 19.0. The molecule has 9 aliphatic rings. The first-order chi connectivity index (χ1) is 31.3. The van der Waals surface area contributed by atoms with Gasteiger partial charge < -0.3 is 18.9 Å². The minimum atomic E-state index is 0.140. The van der Waals surface area contributed by atoms with Gasteiger partial charge in [0.15, 0.2) is 0 Å². The van der Waals surface area contributed by atoms with Gasteiger partial charge in [-0.25, -0.2) is 0 Å². The molecule has 4 saturated carbocycles. The van der Waals surface area contributed by atoms with Gasteiger partial charge in [-0.05, 0) is 126 Å². The highest BCUT2D eigenvalue weighted by Crippen LogP contribution is 2.48. The second kappa shape index (κ2) is 22.1. The molecular formula is C52H96N8O4. The van der Waals surface area contributed by atoms with Crippen LogP contribution in [0.4, 0.5) is 0 Å². The van der Waals surface area contributed by atoms with Gasteiger partial charge >= 0.3 is 0 Å². The van der Waals surface area contributed by atoms with Crippen molar-refractivity contribution in [2.45, 2.75) is 282 Å². The van der Waals surface area contributed by atoms with E-state index in [2.05, 4.69) is 97.9 Å². The van der Waals surface area contributed by atoms with Crippen LogP contribution in [-0.4, -0.2) is 98.2 Å². The predicted octanol–water partition coefficient (Wildman–Crippen LogP) is 7.34. The van der Waals surface area contributed by atoms with Gasteiger partial charge in [-0.2, -0.15) is 0 Å². The number of hydrogen-bond acceptors (Lipinski definition) is 12. The number of hydrogen-bond donors (Lipinski definition) is 8. The SMILES string of the molecule is CCC(CC)OC1CCCC2C3NC(NC4NC(NC5NC(NC6NC(N3)C3C(OC(CC)CC)CCCC63)C3C(OC(CC)CC)CCCC53)C3C(OC(CC)CC)CCCC43)C12. The van der Waals surface area contributed by atoms with Crippen molar-refractivity contribution in [2.24, 2.45) is 47.3 Å². The molecule has 0 amide bonds. The standard InChI is InChI=1S/C52H96N8O4/c1-9-29(10-2)61-37-25-17-21-33-41(37)49-53-45(33)58-50-43-35(23-19-27-39(43)63-31(13-5)14-6)47(55-50)60-52-44-36(24-20-28-40(44)64-32(15-7)16-8)48(56-52)59-51-42-34(46(54-51)57-49)22-18-26-38(42)62-30(11-3)12-4/h29-60H,9-28H2,1-8H3. The summed E-state index contributed by atoms with van der Waals surface area (Å²) in [6.45, 7) is 18.5. The summed E-state index contributed by atoms with van der Waals surface area (Å²) < 4.78 is 28.8. The fourth-order valence-electron chi connectivity index (χ4n) is 15.6. The van der Waals surface area contributed by atoms with Crippen molar-refractivity contribution in [1.29, 1.82) is 0 Å². The monoisotopic (exact) mass is 897 g/mol. The van der Waals surface area contributed by atoms with E-state index in [1.807, 2.05) is 0 Å². The second-order valence-electron chi connectivity index (χ2n) is 22.3. The van der Waals surface area contributed by atoms with E-state index in [4.69, 9.17) is 18.9 Å². The van der Waals surface area contributed by atoms with Crippen molar-refractivity contribution in [3.05, 3.63) is 0 Å². The molecule has 5 heterocycles. The van der Waals surface area contributed by atoms with Crippen LogP contribution >= 0.6 is 0 Å². The zero-order chi connectivity index (χ0) is 44.5. The lowest BCUT2D eigenvalue weighted by Crippen LogP contribution is -2.62. The average molecular weight is 897 g/mol. The Morgan fingerprint density at radius 2 is 0.469 bits per heavy atom. The van der Waals surface area contributed by atoms with E-state index in [0.717, 1.165) is 77.0 Å². The number of nitrogens with one attached hydrogen (secondary N) is 8. The topological polar surface area (TPSA) is 133 Å². The number of rotatable bonds is 16. The van der Waals surface area contributed by atoms with Crippen LogP contribution in [0.15, 0.2) is 0 Å². The van der Waals surface area contributed by atoms with Gasteiger partial charge in [-0.15, -0.1) is 0 Å². The summed E-state index contributed by atoms with van der Waals surface area (Å²) in [7, 11) is 0. The van der Waals surface area contributed by atoms with E-state index >= 15 is 0 Å². The van der Waals surface area contributed by atoms with Gasteiger partial charge in [-0.3, -0.25) is 42.5 Å². The fourth-order valence-corrected chi connectivity index (χ4v) is 15.6. The van der Waals surface area contributed by atoms with E-state index in [-0.39, 0.29) is 73.7 Å². The molecular weight excluding hydrogens is 801 g/mol. The van der Waals surface area contributed by atoms with Crippen LogP contribution < -0.4 is 42.5 Å². The zero-order valence-electron chi connectivity index (χ0n) is 41.6. The molecule has 0 radical (unpaired) electrons. The molecule has 12 heteroatoms. The molecule has 0 aromatic carbocycles. The second-order valence-corrected chi connectivity index (χ2v) is 22.3. The summed E-state index contributed by atoms with van der Waals surface area (Å²) in [4.78, 5) is 0. The maximum atomic E-state index is 7.19. The first-order valence-electron chi connectivity index (χ1n) is 28.0. The third kappa shape index (κ3) is 9.81. The van der Waals surface area contributed by atoms with Crippen LogP contribution in [0.1, 0.15) is 184 Å². The lowest BCUT2D eigenvalue weighted by molar-refractivity contribution is -0.0888. The lowest BCUT2D eigenvalue weighted by Gasteiger charge is -2.42. The van der Waals surface area contributed by atoms with Crippen LogP contribution in [0.25, 0.3) is 0 Å². The van der Waals surface area contributed by atoms with Crippen molar-refractivity contribution in [1.82, 2.24) is 42.5 Å². The Morgan fingerprint density at radius 1 is 0.281 bits per heavy atom. The molecule has 4 aliphatic carbocycles. The Hall–Kier alpha value is -0.480. The molecule has 368 valence electrons. The summed E-state index contributed by atoms with van der Waals surface area (Å²) >= 11 is 0. The largest absolute Gasteiger partial charge is 0.375 e. The highest BCUT2D eigenvalue weighted by molar-refractivity contribution is 5.12. The minimum absolute atomic E-state index is 0.140. The smallest absolute Gasteiger partial charge is 0.0653 e. The van der Waals surface area contributed by atoms with Crippen molar-refractivity contribution in [3.63, 3.8) is 0 Å². The Morgan fingerprint density at radius 3 is 0.641 bits per heavy atom. The molecule has 0 aromatic rings. The molecule has 8 N–H and O–H groups in total. The molecule has 12 unspecified atom stereocenters. The van der Waals surface area contributed by atoms with Crippen LogP contribution in [-0.2, 0) is 18.9 Å². The predicted molar refractivity (Wildman–Crippen MR) is 256 cm³/mol. The summed E-state index contributed by atoms with van der Waals surface area (Å²) in [5.74, 6) is 3.44. The van der Waals surface area contributed by atoms with E-state index in [1.165, 1.54) is 51.4 Å². The molecule has 12 nitrogen and oxygen atoms in total. The third-order valence-electron chi connectivity index (χ3n) is 19.0. The minimum Gasteiger partial charge on any atom is -0.375 e. The Labute approximate surface area is 389 Å². The molecule has 12 atom stereocenters. The summed E-state index contributed by atoms with van der Waals surface area (Å²) in [6, 6.07) is 0. The van der Waals surface area contributed by atoms with Crippen LogP contribution in [0.5, 0.6) is 0 Å². The quantitative estimate of drug-likeness (QED) is 0.0789. The molecule has 5 saturated heterocycles. The molecule has 0 spiro atoms. The Bertz CT molecular complexity index is 1230. The normalized spacial score (nSPS) is 45.6. The summed E-state index contributed by atoms with van der Waals surface area (Å²) in [5.41, 5.74) is 0. The molecule has 0 aromatic heterocycles. The summed E-state index contributed by atoms with van der Waals surface area (Å²) in [5, 5.41) is 35.0. The highest BCUT2D eigenvalue weighted by atomic mass is 16.5. The highest BCUT2D eigenvalue weighted by Gasteiger charge is 2.59. The van der Waals surface area contributed by atoms with Gasteiger partial charge in [0.05, 0.1) is 98.2 Å². The lowest BCUT2D eigenvalue weighted by atomic mass is 9.74. The van der Waals surface area contributed by atoms with Crippen molar-refractivity contribution >= 4 is 0 Å². The van der Waals surface area contributed by atoms with Crippen LogP contribution in [0.2, 0.25) is 0 Å². The van der Waals surface area contributed by atoms with Crippen molar-refractivity contribution < 1.29 is 18.9 Å². The van der Waals surface area contributed by atoms with Gasteiger partial charge in [0, 0.05) is 23.7 Å². The first-order valence-corrected chi connectivity index (χ1v) is 28.0. The average Bonchev–Trinajstić information content (AvgIpc) is 4.07. The van der Waals surface area contributed by atoms with Gasteiger partial charge in [0.1, 0.15) is 0 Å². The van der Waals surface area contributed by atoms with E-state index in [1.54, 1.807) is 0 Å². The Kier molecular flexibility index (Phi) is 16.7. The molecule has 5 aliphatic heterocycles. The molecule has 8 bridgehead atoms. The van der Waals surface area contributed by atoms with Crippen LogP contribution in [0, 0.1) is 47.3 Å². The van der Waals surface area contributed by atoms with Gasteiger partial charge in [-0.1, -0.05) is 81.1 Å². The van der Waals surface area contributed by atoms with Crippen molar-refractivity contribution in [3.8, 4) is 0 Å².